The van der Waals surface area contributed by atoms with Gasteiger partial charge >= 0.3 is 0 Å². The van der Waals surface area contributed by atoms with E-state index in [1.165, 1.54) is 12.8 Å². The second-order valence-corrected chi connectivity index (χ2v) is 3.95. The maximum absolute atomic E-state index is 6.24. The Kier molecular flexibility index (Phi) is 2.08. The molecular weight excluding hydrogens is 160 g/mol. The minimum Gasteiger partial charge on any atom is -0.320 e. The molecule has 2 unspecified atom stereocenters. The van der Waals surface area contributed by atoms with Crippen molar-refractivity contribution in [1.82, 2.24) is 4.98 Å². The lowest BCUT2D eigenvalue weighted by molar-refractivity contribution is 0.571. The van der Waals surface area contributed by atoms with Crippen molar-refractivity contribution in [3.05, 3.63) is 30.1 Å². The van der Waals surface area contributed by atoms with Gasteiger partial charge in [-0.25, -0.2) is 0 Å². The van der Waals surface area contributed by atoms with E-state index in [9.17, 15) is 0 Å². The maximum atomic E-state index is 6.24. The second kappa shape index (κ2) is 3.11. The highest BCUT2D eigenvalue weighted by Gasteiger charge is 2.52. The van der Waals surface area contributed by atoms with Crippen LogP contribution in [0.1, 0.15) is 31.9 Å². The van der Waals surface area contributed by atoms with Crippen LogP contribution in [0.4, 0.5) is 0 Å². The number of nitrogens with zero attached hydrogens (tertiary/aromatic N) is 1. The fourth-order valence-electron chi connectivity index (χ4n) is 2.01. The van der Waals surface area contributed by atoms with Crippen LogP contribution in [0.3, 0.4) is 0 Å². The summed E-state index contributed by atoms with van der Waals surface area (Å²) in [6, 6.07) is 5.98. The minimum atomic E-state index is -0.0999. The molecule has 70 valence electrons. The maximum Gasteiger partial charge on any atom is 0.0616 e. The molecule has 0 amide bonds. The van der Waals surface area contributed by atoms with Gasteiger partial charge in [-0.15, -0.1) is 0 Å². The van der Waals surface area contributed by atoms with Crippen LogP contribution >= 0.6 is 0 Å². The van der Waals surface area contributed by atoms with Gasteiger partial charge < -0.3 is 5.73 Å². The van der Waals surface area contributed by atoms with Gasteiger partial charge in [0.15, 0.2) is 0 Å². The van der Waals surface area contributed by atoms with E-state index in [-0.39, 0.29) is 5.54 Å². The summed E-state index contributed by atoms with van der Waals surface area (Å²) >= 11 is 0. The summed E-state index contributed by atoms with van der Waals surface area (Å²) in [6.07, 6.45) is 5.38. The van der Waals surface area contributed by atoms with E-state index in [0.29, 0.717) is 5.92 Å². The quantitative estimate of drug-likeness (QED) is 0.765. The predicted octanol–water partition coefficient (Wildman–Crippen LogP) is 2.06. The number of aromatic nitrogens is 1. The highest BCUT2D eigenvalue weighted by Crippen LogP contribution is 2.51. The lowest BCUT2D eigenvalue weighted by atomic mass is 10.1. The Hall–Kier alpha value is -0.890. The topological polar surface area (TPSA) is 38.9 Å². The number of hydrogen-bond donors (Lipinski definition) is 1. The molecule has 0 aromatic carbocycles. The number of hydrogen-bond acceptors (Lipinski definition) is 2. The summed E-state index contributed by atoms with van der Waals surface area (Å²) in [5.74, 6) is 0.660. The van der Waals surface area contributed by atoms with E-state index in [1.54, 1.807) is 0 Å². The summed E-state index contributed by atoms with van der Waals surface area (Å²) in [4.78, 5) is 4.32. The van der Waals surface area contributed by atoms with Crippen LogP contribution in [0.5, 0.6) is 0 Å². The first kappa shape index (κ1) is 8.70. The van der Waals surface area contributed by atoms with Crippen molar-refractivity contribution in [1.29, 1.82) is 0 Å². The molecule has 1 heterocycles. The van der Waals surface area contributed by atoms with E-state index in [0.717, 1.165) is 12.1 Å². The average molecular weight is 176 g/mol. The first-order valence-electron chi connectivity index (χ1n) is 4.97. The van der Waals surface area contributed by atoms with E-state index in [4.69, 9.17) is 5.73 Å². The Morgan fingerprint density at radius 3 is 3.08 bits per heavy atom. The summed E-state index contributed by atoms with van der Waals surface area (Å²) in [6.45, 7) is 2.21. The van der Waals surface area contributed by atoms with E-state index in [2.05, 4.69) is 11.9 Å². The van der Waals surface area contributed by atoms with Gasteiger partial charge in [-0.2, -0.15) is 0 Å². The Bertz CT molecular complexity index is 283. The monoisotopic (exact) mass is 176 g/mol. The fourth-order valence-corrected chi connectivity index (χ4v) is 2.01. The van der Waals surface area contributed by atoms with Gasteiger partial charge in [0.1, 0.15) is 0 Å². The molecule has 1 aliphatic rings. The third-order valence-corrected chi connectivity index (χ3v) is 2.93. The minimum absolute atomic E-state index is 0.0999. The Labute approximate surface area is 79.2 Å². The molecule has 1 fully saturated rings. The summed E-state index contributed by atoms with van der Waals surface area (Å²) < 4.78 is 0. The Morgan fingerprint density at radius 1 is 1.62 bits per heavy atom. The zero-order valence-corrected chi connectivity index (χ0v) is 8.03. The van der Waals surface area contributed by atoms with Crippen molar-refractivity contribution in [2.24, 2.45) is 11.7 Å². The van der Waals surface area contributed by atoms with Crippen LogP contribution in [0, 0.1) is 5.92 Å². The molecule has 13 heavy (non-hydrogen) atoms. The van der Waals surface area contributed by atoms with Crippen LogP contribution in [0.25, 0.3) is 0 Å². The van der Waals surface area contributed by atoms with E-state index in [1.807, 2.05) is 24.4 Å². The molecule has 1 aromatic heterocycles. The lowest BCUT2D eigenvalue weighted by Crippen LogP contribution is -2.23. The molecule has 1 aromatic rings. The third kappa shape index (κ3) is 1.46. The van der Waals surface area contributed by atoms with Crippen molar-refractivity contribution in [3.63, 3.8) is 0 Å². The van der Waals surface area contributed by atoms with E-state index >= 15 is 0 Å². The third-order valence-electron chi connectivity index (χ3n) is 2.93. The van der Waals surface area contributed by atoms with Crippen molar-refractivity contribution < 1.29 is 0 Å². The number of rotatable bonds is 3. The molecule has 0 aliphatic heterocycles. The Balaban J connectivity index is 2.11. The molecule has 2 rings (SSSR count). The van der Waals surface area contributed by atoms with Crippen LogP contribution in [-0.2, 0) is 5.54 Å². The standard InChI is InChI=1S/C11H16N2/c1-2-5-9-8-11(9,12)10-6-3-4-7-13-10/h3-4,6-7,9H,2,5,8,12H2,1H3. The van der Waals surface area contributed by atoms with Gasteiger partial charge in [0, 0.05) is 6.20 Å². The molecular formula is C11H16N2. The second-order valence-electron chi connectivity index (χ2n) is 3.95. The van der Waals surface area contributed by atoms with Gasteiger partial charge in [-0.3, -0.25) is 4.98 Å². The molecule has 2 N–H and O–H groups in total. The van der Waals surface area contributed by atoms with Gasteiger partial charge in [-0.1, -0.05) is 19.4 Å². The van der Waals surface area contributed by atoms with Crippen LogP contribution < -0.4 is 5.73 Å². The van der Waals surface area contributed by atoms with Crippen LogP contribution in [-0.4, -0.2) is 4.98 Å². The van der Waals surface area contributed by atoms with Gasteiger partial charge in [0.2, 0.25) is 0 Å². The molecule has 2 heteroatoms. The van der Waals surface area contributed by atoms with Gasteiger partial charge in [0.25, 0.3) is 0 Å². The molecule has 0 radical (unpaired) electrons. The van der Waals surface area contributed by atoms with Gasteiger partial charge in [0.05, 0.1) is 11.2 Å². The molecule has 2 nitrogen and oxygen atoms in total. The first-order chi connectivity index (χ1) is 6.27. The van der Waals surface area contributed by atoms with Crippen LogP contribution in [0.15, 0.2) is 24.4 Å². The van der Waals surface area contributed by atoms with Crippen molar-refractivity contribution in [2.75, 3.05) is 0 Å². The lowest BCUT2D eigenvalue weighted by Gasteiger charge is -2.09. The zero-order chi connectivity index (χ0) is 9.31. The van der Waals surface area contributed by atoms with Gasteiger partial charge in [-0.05, 0) is 30.9 Å². The summed E-state index contributed by atoms with van der Waals surface area (Å²) in [7, 11) is 0. The largest absolute Gasteiger partial charge is 0.320 e. The molecule has 0 saturated heterocycles. The van der Waals surface area contributed by atoms with Crippen molar-refractivity contribution >= 4 is 0 Å². The predicted molar refractivity (Wildman–Crippen MR) is 53.1 cm³/mol. The SMILES string of the molecule is CCCC1CC1(N)c1ccccn1. The van der Waals surface area contributed by atoms with Crippen molar-refractivity contribution in [3.8, 4) is 0 Å². The van der Waals surface area contributed by atoms with E-state index < -0.39 is 0 Å². The normalized spacial score (nSPS) is 31.7. The van der Waals surface area contributed by atoms with Crippen molar-refractivity contribution in [2.45, 2.75) is 31.7 Å². The van der Waals surface area contributed by atoms with Crippen LogP contribution in [0.2, 0.25) is 0 Å². The molecule has 1 aliphatic carbocycles. The summed E-state index contributed by atoms with van der Waals surface area (Å²) in [5.41, 5.74) is 7.20. The Morgan fingerprint density at radius 2 is 2.46 bits per heavy atom. The number of pyridine rings is 1. The first-order valence-corrected chi connectivity index (χ1v) is 4.97. The smallest absolute Gasteiger partial charge is 0.0616 e. The number of nitrogens with two attached hydrogens (primary N) is 1. The molecule has 2 atom stereocenters. The molecule has 0 bridgehead atoms. The average Bonchev–Trinajstić information content (AvgIpc) is 2.81. The molecule has 0 spiro atoms. The fraction of sp³-hybridized carbons (Fsp3) is 0.545. The summed E-state index contributed by atoms with van der Waals surface area (Å²) in [5, 5.41) is 0. The molecule has 1 saturated carbocycles. The highest BCUT2D eigenvalue weighted by atomic mass is 14.9. The highest BCUT2D eigenvalue weighted by molar-refractivity contribution is 5.25. The zero-order valence-electron chi connectivity index (χ0n) is 8.03.